The largest absolute Gasteiger partial charge is 0.326 e. The molecule has 2 aliphatic rings. The van der Waals surface area contributed by atoms with Gasteiger partial charge in [-0.3, -0.25) is 4.79 Å². The number of nitrogens with two attached hydrogens (primary N) is 1. The molecule has 0 aromatic rings. The van der Waals surface area contributed by atoms with Crippen molar-refractivity contribution in [3.63, 3.8) is 0 Å². The van der Waals surface area contributed by atoms with Crippen LogP contribution in [0.25, 0.3) is 0 Å². The van der Waals surface area contributed by atoms with Gasteiger partial charge in [-0.15, -0.1) is 11.8 Å². The van der Waals surface area contributed by atoms with Crippen LogP contribution in [0.1, 0.15) is 6.42 Å². The van der Waals surface area contributed by atoms with Crippen molar-refractivity contribution in [2.45, 2.75) is 11.8 Å². The molecule has 1 fully saturated rings. The molecule has 0 aromatic heterocycles. The number of hydrogen-bond donors (Lipinski definition) is 1. The van der Waals surface area contributed by atoms with Gasteiger partial charge in [-0.1, -0.05) is 0 Å². The van der Waals surface area contributed by atoms with Crippen LogP contribution in [0.4, 0.5) is 0 Å². The molecule has 3 nitrogen and oxygen atoms in total. The zero-order chi connectivity index (χ0) is 7.14. The first-order valence-corrected chi connectivity index (χ1v) is 4.08. The summed E-state index contributed by atoms with van der Waals surface area (Å²) in [5.41, 5.74) is 5.40. The van der Waals surface area contributed by atoms with Crippen LogP contribution in [0.5, 0.6) is 0 Å². The van der Waals surface area contributed by atoms with Crippen molar-refractivity contribution in [3.05, 3.63) is 11.1 Å². The number of amides is 1. The summed E-state index contributed by atoms with van der Waals surface area (Å²) in [6, 6.07) is 0. The fourth-order valence-electron chi connectivity index (χ4n) is 1.12. The average Bonchev–Trinajstić information content (AvgIpc) is 2.26. The Hall–Kier alpha value is -0.480. The summed E-state index contributed by atoms with van der Waals surface area (Å²) in [6.07, 6.45) is 2.55. The number of rotatable bonds is 1. The molecule has 0 bridgehead atoms. The van der Waals surface area contributed by atoms with Crippen molar-refractivity contribution in [1.82, 2.24) is 4.90 Å². The van der Waals surface area contributed by atoms with E-state index >= 15 is 0 Å². The molecule has 1 amide bonds. The van der Waals surface area contributed by atoms with Crippen molar-refractivity contribution in [2.75, 3.05) is 6.54 Å². The minimum atomic E-state index is 0.223. The second-order valence-corrected chi connectivity index (χ2v) is 3.68. The SMILES string of the molecule is NCC1=CN2C(=O)C[C@@H]2S1. The van der Waals surface area contributed by atoms with E-state index in [9.17, 15) is 4.79 Å². The quantitative estimate of drug-likeness (QED) is 0.547. The number of hydrogen-bond acceptors (Lipinski definition) is 3. The van der Waals surface area contributed by atoms with Gasteiger partial charge in [0.15, 0.2) is 0 Å². The standard InChI is InChI=1S/C6H8N2OS/c7-2-4-3-8-5(9)1-6(8)10-4/h3,6H,1-2,7H2/t6-/m0/s1. The monoisotopic (exact) mass is 156 g/mol. The number of nitrogens with zero attached hydrogens (tertiary/aromatic N) is 1. The molecule has 0 aromatic carbocycles. The maximum Gasteiger partial charge on any atom is 0.230 e. The molecule has 10 heavy (non-hydrogen) atoms. The van der Waals surface area contributed by atoms with Crippen molar-refractivity contribution < 1.29 is 4.79 Å². The second kappa shape index (κ2) is 2.00. The molecule has 54 valence electrons. The molecule has 2 aliphatic heterocycles. The Bertz CT molecular complexity index is 214. The van der Waals surface area contributed by atoms with E-state index < -0.39 is 0 Å². The number of thioether (sulfide) groups is 1. The van der Waals surface area contributed by atoms with E-state index in [1.165, 1.54) is 0 Å². The third-order valence-electron chi connectivity index (χ3n) is 1.72. The van der Waals surface area contributed by atoms with E-state index in [2.05, 4.69) is 0 Å². The minimum absolute atomic E-state index is 0.223. The molecule has 2 rings (SSSR count). The zero-order valence-electron chi connectivity index (χ0n) is 5.41. The predicted octanol–water partition coefficient (Wildman–Crippen LogP) is 0.0917. The topological polar surface area (TPSA) is 46.3 Å². The number of fused-ring (bicyclic) bond motifs is 1. The van der Waals surface area contributed by atoms with Crippen molar-refractivity contribution in [3.8, 4) is 0 Å². The number of β-lactam (4-membered cyclic amide) rings is 1. The molecular formula is C6H8N2OS. The van der Waals surface area contributed by atoms with Gasteiger partial charge in [0.2, 0.25) is 5.91 Å². The summed E-state index contributed by atoms with van der Waals surface area (Å²) in [5.74, 6) is 0.223. The third kappa shape index (κ3) is 0.690. The summed E-state index contributed by atoms with van der Waals surface area (Å²) in [7, 11) is 0. The minimum Gasteiger partial charge on any atom is -0.326 e. The Kier molecular flexibility index (Phi) is 1.25. The zero-order valence-corrected chi connectivity index (χ0v) is 6.23. The first-order valence-electron chi connectivity index (χ1n) is 3.20. The van der Waals surface area contributed by atoms with Crippen LogP contribution in [0.2, 0.25) is 0 Å². The van der Waals surface area contributed by atoms with Gasteiger partial charge in [-0.05, 0) is 0 Å². The summed E-state index contributed by atoms with van der Waals surface area (Å²) < 4.78 is 0. The van der Waals surface area contributed by atoms with Crippen molar-refractivity contribution in [1.29, 1.82) is 0 Å². The van der Waals surface area contributed by atoms with Gasteiger partial charge < -0.3 is 10.6 Å². The Morgan fingerprint density at radius 2 is 2.70 bits per heavy atom. The third-order valence-corrected chi connectivity index (χ3v) is 2.96. The lowest BCUT2D eigenvalue weighted by molar-refractivity contribution is -0.137. The van der Waals surface area contributed by atoms with E-state index in [0.717, 1.165) is 4.91 Å². The summed E-state index contributed by atoms with van der Waals surface area (Å²) >= 11 is 1.71. The molecular weight excluding hydrogens is 148 g/mol. The molecule has 0 spiro atoms. The summed E-state index contributed by atoms with van der Waals surface area (Å²) in [6.45, 7) is 0.560. The highest BCUT2D eigenvalue weighted by Gasteiger charge is 2.39. The van der Waals surface area contributed by atoms with Gasteiger partial charge >= 0.3 is 0 Å². The summed E-state index contributed by atoms with van der Waals surface area (Å²) in [4.78, 5) is 13.7. The fraction of sp³-hybridized carbons (Fsp3) is 0.500. The molecule has 0 aliphatic carbocycles. The normalized spacial score (nSPS) is 29.7. The van der Waals surface area contributed by atoms with Crippen LogP contribution < -0.4 is 5.73 Å². The average molecular weight is 156 g/mol. The molecule has 0 unspecified atom stereocenters. The van der Waals surface area contributed by atoms with Gasteiger partial charge in [0.05, 0.1) is 11.8 Å². The Morgan fingerprint density at radius 1 is 1.90 bits per heavy atom. The molecule has 0 saturated carbocycles. The fourth-order valence-corrected chi connectivity index (χ4v) is 2.25. The van der Waals surface area contributed by atoms with E-state index in [1.807, 2.05) is 6.20 Å². The Morgan fingerprint density at radius 3 is 3.20 bits per heavy atom. The highest BCUT2D eigenvalue weighted by atomic mass is 32.2. The van der Waals surface area contributed by atoms with Crippen LogP contribution in [0.3, 0.4) is 0 Å². The highest BCUT2D eigenvalue weighted by Crippen LogP contribution is 2.40. The number of carbonyl (C=O) groups is 1. The van der Waals surface area contributed by atoms with Crippen LogP contribution in [-0.2, 0) is 4.79 Å². The molecule has 0 radical (unpaired) electrons. The van der Waals surface area contributed by atoms with Crippen molar-refractivity contribution >= 4 is 17.7 Å². The van der Waals surface area contributed by atoms with Crippen LogP contribution >= 0.6 is 11.8 Å². The van der Waals surface area contributed by atoms with Gasteiger partial charge in [-0.25, -0.2) is 0 Å². The molecule has 4 heteroatoms. The molecule has 1 saturated heterocycles. The lowest BCUT2D eigenvalue weighted by Gasteiger charge is -2.31. The van der Waals surface area contributed by atoms with E-state index in [4.69, 9.17) is 5.73 Å². The van der Waals surface area contributed by atoms with Gasteiger partial charge in [-0.2, -0.15) is 0 Å². The maximum absolute atomic E-state index is 10.8. The Labute approximate surface area is 63.2 Å². The number of carbonyl (C=O) groups excluding carboxylic acids is 1. The van der Waals surface area contributed by atoms with Crippen LogP contribution in [-0.4, -0.2) is 22.7 Å². The first-order chi connectivity index (χ1) is 4.81. The lowest BCUT2D eigenvalue weighted by atomic mass is 10.2. The first kappa shape index (κ1) is 6.24. The molecule has 1 atom stereocenters. The van der Waals surface area contributed by atoms with E-state index in [-0.39, 0.29) is 5.91 Å². The van der Waals surface area contributed by atoms with Gasteiger partial charge in [0, 0.05) is 17.6 Å². The molecule has 2 heterocycles. The predicted molar refractivity (Wildman–Crippen MR) is 40.0 cm³/mol. The lowest BCUT2D eigenvalue weighted by Crippen LogP contribution is -2.44. The smallest absolute Gasteiger partial charge is 0.230 e. The van der Waals surface area contributed by atoms with Crippen LogP contribution in [0, 0.1) is 0 Å². The maximum atomic E-state index is 10.8. The van der Waals surface area contributed by atoms with E-state index in [1.54, 1.807) is 16.7 Å². The highest BCUT2D eigenvalue weighted by molar-refractivity contribution is 8.04. The Balaban J connectivity index is 2.12. The van der Waals surface area contributed by atoms with Gasteiger partial charge in [0.1, 0.15) is 0 Å². The summed E-state index contributed by atoms with van der Waals surface area (Å²) in [5, 5.41) is 0.381. The molecule has 2 N–H and O–H groups in total. The van der Waals surface area contributed by atoms with Crippen LogP contribution in [0.15, 0.2) is 11.1 Å². The van der Waals surface area contributed by atoms with Crippen molar-refractivity contribution in [2.24, 2.45) is 5.73 Å². The van der Waals surface area contributed by atoms with Gasteiger partial charge in [0.25, 0.3) is 0 Å². The second-order valence-electron chi connectivity index (χ2n) is 2.38. The van der Waals surface area contributed by atoms with E-state index in [0.29, 0.717) is 18.3 Å².